The first-order chi connectivity index (χ1) is 8.67. The molecule has 0 aliphatic carbocycles. The topological polar surface area (TPSA) is 76.9 Å². The van der Waals surface area contributed by atoms with Crippen LogP contribution in [0, 0.1) is 11.3 Å². The molecule has 0 saturated heterocycles. The van der Waals surface area contributed by atoms with Crippen LogP contribution in [0.4, 0.5) is 5.82 Å². The van der Waals surface area contributed by atoms with Crippen LogP contribution in [0.2, 0.25) is 0 Å². The van der Waals surface area contributed by atoms with Gasteiger partial charge in [0.25, 0.3) is 0 Å². The Morgan fingerprint density at radius 1 is 1.39 bits per heavy atom. The van der Waals surface area contributed by atoms with Crippen molar-refractivity contribution in [3.05, 3.63) is 30.0 Å². The number of nitrogens with zero attached hydrogens (tertiary/aromatic N) is 3. The number of ether oxygens (including phenoxy) is 1. The Hall–Kier alpha value is -2.48. The van der Waals surface area contributed by atoms with E-state index in [2.05, 4.69) is 4.98 Å². The van der Waals surface area contributed by atoms with Gasteiger partial charge < -0.3 is 15.0 Å². The molecular weight excluding hydrogens is 228 g/mol. The number of hydrogen-bond acceptors (Lipinski definition) is 4. The molecule has 0 spiro atoms. The number of nitriles is 1. The molecule has 0 unspecified atom stereocenters. The zero-order valence-corrected chi connectivity index (χ0v) is 10.3. The van der Waals surface area contributed by atoms with E-state index in [-0.39, 0.29) is 5.69 Å². The predicted octanol–water partition coefficient (Wildman–Crippen LogP) is 1.94. The first-order valence-electron chi connectivity index (χ1n) is 5.63. The molecule has 2 aromatic rings. The molecule has 92 valence electrons. The number of rotatable bonds is 3. The number of aromatic nitrogens is 2. The van der Waals surface area contributed by atoms with E-state index in [1.54, 1.807) is 11.6 Å². The molecular formula is C13H14N4O. The van der Waals surface area contributed by atoms with Gasteiger partial charge in [0, 0.05) is 12.6 Å². The van der Waals surface area contributed by atoms with Crippen molar-refractivity contribution in [1.82, 2.24) is 9.55 Å². The molecule has 0 fully saturated rings. The normalized spacial score (nSPS) is 10.1. The van der Waals surface area contributed by atoms with Gasteiger partial charge in [-0.1, -0.05) is 0 Å². The van der Waals surface area contributed by atoms with E-state index in [1.807, 2.05) is 37.3 Å². The number of imidazole rings is 1. The molecule has 1 heterocycles. The van der Waals surface area contributed by atoms with Crippen molar-refractivity contribution in [2.45, 2.75) is 6.92 Å². The summed E-state index contributed by atoms with van der Waals surface area (Å²) < 4.78 is 7.08. The van der Waals surface area contributed by atoms with Gasteiger partial charge in [-0.25, -0.2) is 4.98 Å². The maximum absolute atomic E-state index is 8.89. The minimum Gasteiger partial charge on any atom is -0.494 e. The molecule has 0 amide bonds. The van der Waals surface area contributed by atoms with Crippen molar-refractivity contribution in [2.75, 3.05) is 12.3 Å². The lowest BCUT2D eigenvalue weighted by molar-refractivity contribution is 0.340. The van der Waals surface area contributed by atoms with Crippen molar-refractivity contribution in [3.8, 4) is 23.2 Å². The SMILES string of the molecule is CCOc1ccc(-c2nc(C#N)c(N)n2C)cc1. The van der Waals surface area contributed by atoms with Gasteiger partial charge >= 0.3 is 0 Å². The van der Waals surface area contributed by atoms with Crippen molar-refractivity contribution < 1.29 is 4.74 Å². The predicted molar refractivity (Wildman–Crippen MR) is 68.9 cm³/mol. The lowest BCUT2D eigenvalue weighted by Crippen LogP contribution is -1.99. The second-order valence-electron chi connectivity index (χ2n) is 3.80. The molecule has 2 rings (SSSR count). The molecule has 2 N–H and O–H groups in total. The smallest absolute Gasteiger partial charge is 0.183 e. The van der Waals surface area contributed by atoms with Gasteiger partial charge in [0.05, 0.1) is 6.61 Å². The summed E-state index contributed by atoms with van der Waals surface area (Å²) in [5.41, 5.74) is 6.93. The Morgan fingerprint density at radius 3 is 2.56 bits per heavy atom. The summed E-state index contributed by atoms with van der Waals surface area (Å²) >= 11 is 0. The third-order valence-corrected chi connectivity index (χ3v) is 2.67. The van der Waals surface area contributed by atoms with Crippen LogP contribution in [0.15, 0.2) is 24.3 Å². The average Bonchev–Trinajstić information content (AvgIpc) is 2.68. The van der Waals surface area contributed by atoms with Crippen LogP contribution in [-0.4, -0.2) is 16.2 Å². The summed E-state index contributed by atoms with van der Waals surface area (Å²) in [7, 11) is 1.79. The summed E-state index contributed by atoms with van der Waals surface area (Å²) in [6, 6.07) is 9.51. The number of anilines is 1. The molecule has 0 aliphatic heterocycles. The Bertz CT molecular complexity index is 593. The number of nitrogen functional groups attached to an aromatic ring is 1. The summed E-state index contributed by atoms with van der Waals surface area (Å²) in [6.07, 6.45) is 0. The largest absolute Gasteiger partial charge is 0.494 e. The minimum atomic E-state index is 0.251. The van der Waals surface area contributed by atoms with Crippen LogP contribution >= 0.6 is 0 Å². The van der Waals surface area contributed by atoms with Crippen LogP contribution in [0.5, 0.6) is 5.75 Å². The van der Waals surface area contributed by atoms with Crippen molar-refractivity contribution in [1.29, 1.82) is 5.26 Å². The molecule has 18 heavy (non-hydrogen) atoms. The highest BCUT2D eigenvalue weighted by Gasteiger charge is 2.12. The first-order valence-corrected chi connectivity index (χ1v) is 5.63. The van der Waals surface area contributed by atoms with E-state index in [1.165, 1.54) is 0 Å². The summed E-state index contributed by atoms with van der Waals surface area (Å²) in [5, 5.41) is 8.89. The zero-order chi connectivity index (χ0) is 13.1. The van der Waals surface area contributed by atoms with Crippen LogP contribution in [0.25, 0.3) is 11.4 Å². The summed E-state index contributed by atoms with van der Waals surface area (Å²) in [6.45, 7) is 2.57. The number of nitrogens with two attached hydrogens (primary N) is 1. The lowest BCUT2D eigenvalue weighted by atomic mass is 10.2. The molecule has 1 aromatic carbocycles. The van der Waals surface area contributed by atoms with Crippen LogP contribution in [0.3, 0.4) is 0 Å². The van der Waals surface area contributed by atoms with E-state index in [0.29, 0.717) is 18.2 Å². The summed E-state index contributed by atoms with van der Waals surface area (Å²) in [5.74, 6) is 1.86. The molecule has 0 bridgehead atoms. The van der Waals surface area contributed by atoms with Gasteiger partial charge in [-0.15, -0.1) is 0 Å². The first kappa shape index (κ1) is 12.0. The Kier molecular flexibility index (Phi) is 3.20. The van der Waals surface area contributed by atoms with Gasteiger partial charge in [0.1, 0.15) is 23.5 Å². The van der Waals surface area contributed by atoms with Gasteiger partial charge in [0.15, 0.2) is 5.69 Å². The fraction of sp³-hybridized carbons (Fsp3) is 0.231. The number of hydrogen-bond donors (Lipinski definition) is 1. The Balaban J connectivity index is 2.40. The van der Waals surface area contributed by atoms with Gasteiger partial charge in [-0.3, -0.25) is 0 Å². The van der Waals surface area contributed by atoms with Crippen LogP contribution < -0.4 is 10.5 Å². The molecule has 5 nitrogen and oxygen atoms in total. The lowest BCUT2D eigenvalue weighted by Gasteiger charge is -2.05. The van der Waals surface area contributed by atoms with Gasteiger partial charge in [-0.2, -0.15) is 5.26 Å². The maximum Gasteiger partial charge on any atom is 0.183 e. The fourth-order valence-electron chi connectivity index (χ4n) is 1.72. The highest BCUT2D eigenvalue weighted by Crippen LogP contribution is 2.24. The third-order valence-electron chi connectivity index (χ3n) is 2.67. The third kappa shape index (κ3) is 2.00. The average molecular weight is 242 g/mol. The standard InChI is InChI=1S/C13H14N4O/c1-3-18-10-6-4-9(5-7-10)13-16-11(8-14)12(15)17(13)2/h4-7H,3,15H2,1-2H3. The van der Waals surface area contributed by atoms with E-state index in [4.69, 9.17) is 15.7 Å². The second kappa shape index (κ2) is 4.80. The van der Waals surface area contributed by atoms with Crippen LogP contribution in [-0.2, 0) is 7.05 Å². The molecule has 0 saturated carbocycles. The molecule has 1 aromatic heterocycles. The molecule has 5 heteroatoms. The van der Waals surface area contributed by atoms with E-state index in [9.17, 15) is 0 Å². The summed E-state index contributed by atoms with van der Waals surface area (Å²) in [4.78, 5) is 4.21. The van der Waals surface area contributed by atoms with Crippen molar-refractivity contribution in [3.63, 3.8) is 0 Å². The van der Waals surface area contributed by atoms with E-state index in [0.717, 1.165) is 11.3 Å². The minimum absolute atomic E-state index is 0.251. The van der Waals surface area contributed by atoms with Gasteiger partial charge in [-0.05, 0) is 31.2 Å². The Morgan fingerprint density at radius 2 is 2.06 bits per heavy atom. The van der Waals surface area contributed by atoms with Crippen molar-refractivity contribution >= 4 is 5.82 Å². The number of benzene rings is 1. The highest BCUT2D eigenvalue weighted by atomic mass is 16.5. The molecule has 0 aliphatic rings. The second-order valence-corrected chi connectivity index (χ2v) is 3.80. The maximum atomic E-state index is 8.89. The monoisotopic (exact) mass is 242 g/mol. The quantitative estimate of drug-likeness (QED) is 0.892. The van der Waals surface area contributed by atoms with Crippen molar-refractivity contribution in [2.24, 2.45) is 7.05 Å². The van der Waals surface area contributed by atoms with E-state index >= 15 is 0 Å². The zero-order valence-electron chi connectivity index (χ0n) is 10.3. The van der Waals surface area contributed by atoms with Crippen LogP contribution in [0.1, 0.15) is 12.6 Å². The fourth-order valence-corrected chi connectivity index (χ4v) is 1.72. The Labute approximate surface area is 105 Å². The molecule has 0 atom stereocenters. The molecule has 0 radical (unpaired) electrons. The highest BCUT2D eigenvalue weighted by molar-refractivity contribution is 5.63. The van der Waals surface area contributed by atoms with Gasteiger partial charge in [0.2, 0.25) is 0 Å². The van der Waals surface area contributed by atoms with E-state index < -0.39 is 0 Å².